The number of esters is 1. The summed E-state index contributed by atoms with van der Waals surface area (Å²) in [7, 11) is 0. The van der Waals surface area contributed by atoms with Gasteiger partial charge >= 0.3 is 5.97 Å². The number of hydrogen-bond donors (Lipinski definition) is 1. The molecule has 35 heavy (non-hydrogen) atoms. The van der Waals surface area contributed by atoms with Crippen LogP contribution in [0.15, 0.2) is 84.9 Å². The largest absolute Gasteiger partial charge is 0.453 e. The van der Waals surface area contributed by atoms with Crippen molar-refractivity contribution in [3.8, 4) is 0 Å². The molecule has 0 fully saturated rings. The number of ketones is 3. The molecule has 1 amide bonds. The number of fused-ring (bicyclic) bond motifs is 1. The summed E-state index contributed by atoms with van der Waals surface area (Å²) in [5.74, 6) is -5.13. The Balaban J connectivity index is 1.63. The van der Waals surface area contributed by atoms with Crippen molar-refractivity contribution in [2.75, 3.05) is 5.32 Å². The van der Waals surface area contributed by atoms with Gasteiger partial charge in [0.05, 0.1) is 5.56 Å². The Kier molecular flexibility index (Phi) is 6.78. The first kappa shape index (κ1) is 23.5. The van der Waals surface area contributed by atoms with E-state index in [2.05, 4.69) is 5.32 Å². The lowest BCUT2D eigenvalue weighted by atomic mass is 9.87. The van der Waals surface area contributed by atoms with Crippen LogP contribution >= 0.6 is 0 Å². The minimum Gasteiger partial charge on any atom is -0.453 e. The van der Waals surface area contributed by atoms with E-state index >= 15 is 0 Å². The highest BCUT2D eigenvalue weighted by Gasteiger charge is 2.45. The van der Waals surface area contributed by atoms with Gasteiger partial charge in [-0.2, -0.15) is 0 Å². The topological polar surface area (TPSA) is 107 Å². The molecular weight excluding hydrogens is 446 g/mol. The molecule has 0 spiro atoms. The first-order chi connectivity index (χ1) is 16.8. The number of rotatable bonds is 8. The quantitative estimate of drug-likeness (QED) is 0.175. The molecule has 0 radical (unpaired) electrons. The smallest absolute Gasteiger partial charge is 0.339 e. The van der Waals surface area contributed by atoms with Crippen molar-refractivity contribution < 1.29 is 28.7 Å². The highest BCUT2D eigenvalue weighted by atomic mass is 16.5. The third-order valence-corrected chi connectivity index (χ3v) is 5.63. The number of amides is 1. The Morgan fingerprint density at radius 1 is 0.886 bits per heavy atom. The van der Waals surface area contributed by atoms with Crippen molar-refractivity contribution in [1.82, 2.24) is 0 Å². The van der Waals surface area contributed by atoms with E-state index in [1.165, 1.54) is 43.3 Å². The van der Waals surface area contributed by atoms with Gasteiger partial charge in [-0.15, -0.1) is 0 Å². The molecule has 3 aromatic rings. The molecule has 4 rings (SSSR count). The molecule has 2 atom stereocenters. The zero-order chi connectivity index (χ0) is 24.9. The summed E-state index contributed by atoms with van der Waals surface area (Å²) in [6, 6.07) is 21.4. The Bertz CT molecular complexity index is 1340. The molecule has 1 N–H and O–H groups in total. The number of Topliss-reactive ketones (excluding diaryl/α,β-unsaturated/α-hetero) is 2. The second-order valence-electron chi connectivity index (χ2n) is 7.99. The van der Waals surface area contributed by atoms with Gasteiger partial charge in [-0.1, -0.05) is 54.6 Å². The molecule has 1 heterocycles. The number of benzene rings is 3. The average Bonchev–Trinajstić information content (AvgIpc) is 3.20. The van der Waals surface area contributed by atoms with Gasteiger partial charge in [0, 0.05) is 16.8 Å². The van der Waals surface area contributed by atoms with Gasteiger partial charge in [-0.25, -0.2) is 4.79 Å². The molecule has 174 valence electrons. The normalized spacial score (nSPS) is 15.2. The molecule has 0 aliphatic carbocycles. The van der Waals surface area contributed by atoms with E-state index in [1.54, 1.807) is 48.5 Å². The Hall–Kier alpha value is -4.65. The Labute approximate surface area is 201 Å². The minimum atomic E-state index is -1.57. The van der Waals surface area contributed by atoms with Crippen LogP contribution in [0.3, 0.4) is 0 Å². The van der Waals surface area contributed by atoms with Gasteiger partial charge in [0.1, 0.15) is 12.0 Å². The molecule has 7 nitrogen and oxygen atoms in total. The fraction of sp³-hybridized carbons (Fsp3) is 0.107. The highest BCUT2D eigenvalue weighted by Crippen LogP contribution is 2.37. The molecule has 3 aromatic carbocycles. The van der Waals surface area contributed by atoms with Gasteiger partial charge < -0.3 is 10.1 Å². The summed E-state index contributed by atoms with van der Waals surface area (Å²) < 4.78 is 5.40. The number of hydrogen-bond acceptors (Lipinski definition) is 6. The molecule has 0 saturated heterocycles. The van der Waals surface area contributed by atoms with Crippen LogP contribution in [0, 0.1) is 5.92 Å². The SMILES string of the molecule is CC(=O)c1ccc(NC(=O)C(=O)[C@H](C(=O)/C=C\c2ccccc2)[C@H]2OC(=O)c3ccccc32)cc1. The first-order valence-corrected chi connectivity index (χ1v) is 10.9. The fourth-order valence-electron chi connectivity index (χ4n) is 3.81. The summed E-state index contributed by atoms with van der Waals surface area (Å²) in [4.78, 5) is 63.2. The maximum absolute atomic E-state index is 13.3. The highest BCUT2D eigenvalue weighted by molar-refractivity contribution is 6.45. The van der Waals surface area contributed by atoms with Crippen LogP contribution < -0.4 is 5.32 Å². The fourth-order valence-corrected chi connectivity index (χ4v) is 3.81. The maximum atomic E-state index is 13.3. The van der Waals surface area contributed by atoms with E-state index < -0.39 is 35.5 Å². The molecule has 1 aliphatic heterocycles. The predicted molar refractivity (Wildman–Crippen MR) is 129 cm³/mol. The lowest BCUT2D eigenvalue weighted by Crippen LogP contribution is -2.37. The molecule has 0 aromatic heterocycles. The number of anilines is 1. The Morgan fingerprint density at radius 2 is 1.54 bits per heavy atom. The second kappa shape index (κ2) is 10.1. The van der Waals surface area contributed by atoms with Crippen LogP contribution in [0.1, 0.15) is 44.9 Å². The van der Waals surface area contributed by atoms with Crippen LogP contribution in [-0.2, 0) is 19.1 Å². The van der Waals surface area contributed by atoms with Crippen LogP contribution in [-0.4, -0.2) is 29.2 Å². The molecule has 1 aliphatic rings. The zero-order valence-electron chi connectivity index (χ0n) is 18.8. The predicted octanol–water partition coefficient (Wildman–Crippen LogP) is 4.21. The van der Waals surface area contributed by atoms with E-state index in [1.807, 2.05) is 6.07 Å². The van der Waals surface area contributed by atoms with Crippen LogP contribution in [0.4, 0.5) is 5.69 Å². The van der Waals surface area contributed by atoms with Gasteiger partial charge in [-0.3, -0.25) is 19.2 Å². The number of nitrogens with one attached hydrogen (secondary N) is 1. The molecule has 0 unspecified atom stereocenters. The van der Waals surface area contributed by atoms with E-state index in [0.717, 1.165) is 5.56 Å². The molecule has 0 saturated carbocycles. The monoisotopic (exact) mass is 467 g/mol. The third kappa shape index (κ3) is 5.14. The van der Waals surface area contributed by atoms with E-state index in [9.17, 15) is 24.0 Å². The lowest BCUT2D eigenvalue weighted by molar-refractivity contribution is -0.143. The van der Waals surface area contributed by atoms with Crippen molar-refractivity contribution in [2.45, 2.75) is 13.0 Å². The minimum absolute atomic E-state index is 0.142. The van der Waals surface area contributed by atoms with Crippen molar-refractivity contribution >= 4 is 41.0 Å². The van der Waals surface area contributed by atoms with Crippen LogP contribution in [0.2, 0.25) is 0 Å². The van der Waals surface area contributed by atoms with Gasteiger partial charge in [-0.05, 0) is 48.9 Å². The van der Waals surface area contributed by atoms with Crippen molar-refractivity contribution in [3.05, 3.63) is 107 Å². The summed E-state index contributed by atoms with van der Waals surface area (Å²) in [5, 5.41) is 2.46. The third-order valence-electron chi connectivity index (χ3n) is 5.63. The molecule has 0 bridgehead atoms. The number of carbonyl (C=O) groups is 5. The summed E-state index contributed by atoms with van der Waals surface area (Å²) >= 11 is 0. The molecular formula is C28H21NO6. The van der Waals surface area contributed by atoms with Crippen molar-refractivity contribution in [2.24, 2.45) is 5.92 Å². The number of allylic oxidation sites excluding steroid dienone is 1. The zero-order valence-corrected chi connectivity index (χ0v) is 18.8. The van der Waals surface area contributed by atoms with E-state index in [0.29, 0.717) is 11.1 Å². The lowest BCUT2D eigenvalue weighted by Gasteiger charge is -2.19. The number of carbonyl (C=O) groups excluding carboxylic acids is 5. The van der Waals surface area contributed by atoms with Gasteiger partial charge in [0.2, 0.25) is 5.78 Å². The standard InChI is InChI=1S/C28H21NO6/c1-17(30)19-12-14-20(15-13-19)29-27(33)25(32)24(23(31)16-11-18-7-3-2-4-8-18)26-21-9-5-6-10-22(21)28(34)35-26/h2-16,24,26H,1H3,(H,29,33)/b16-11-/t24-,26-/m0/s1. The van der Waals surface area contributed by atoms with Gasteiger partial charge in [0.25, 0.3) is 5.91 Å². The first-order valence-electron chi connectivity index (χ1n) is 10.9. The van der Waals surface area contributed by atoms with E-state index in [4.69, 9.17) is 4.74 Å². The van der Waals surface area contributed by atoms with Crippen LogP contribution in [0.25, 0.3) is 6.08 Å². The maximum Gasteiger partial charge on any atom is 0.339 e. The number of ether oxygens (including phenoxy) is 1. The summed E-state index contributed by atoms with van der Waals surface area (Å²) in [6.07, 6.45) is 1.51. The van der Waals surface area contributed by atoms with Crippen molar-refractivity contribution in [3.63, 3.8) is 0 Å². The summed E-state index contributed by atoms with van der Waals surface area (Å²) in [6.45, 7) is 1.41. The average molecular weight is 467 g/mol. The number of cyclic esters (lactones) is 1. The summed E-state index contributed by atoms with van der Waals surface area (Å²) in [5.41, 5.74) is 2.07. The van der Waals surface area contributed by atoms with Gasteiger partial charge in [0.15, 0.2) is 11.6 Å². The van der Waals surface area contributed by atoms with Crippen LogP contribution in [0.5, 0.6) is 0 Å². The Morgan fingerprint density at radius 3 is 2.23 bits per heavy atom. The second-order valence-corrected chi connectivity index (χ2v) is 7.99. The van der Waals surface area contributed by atoms with E-state index in [-0.39, 0.29) is 17.0 Å². The van der Waals surface area contributed by atoms with Crippen molar-refractivity contribution in [1.29, 1.82) is 0 Å². The molecule has 7 heteroatoms.